The molecule has 2 rings (SSSR count). The summed E-state index contributed by atoms with van der Waals surface area (Å²) in [5, 5.41) is 3.25. The van der Waals surface area contributed by atoms with E-state index in [0.717, 1.165) is 6.54 Å². The van der Waals surface area contributed by atoms with Gasteiger partial charge in [0.1, 0.15) is 4.90 Å². The predicted octanol–water partition coefficient (Wildman–Crippen LogP) is 4.11. The molecular formula is C20H25Cl2N3O3S. The molecule has 0 radical (unpaired) electrons. The number of benzene rings is 2. The minimum absolute atomic E-state index is 0.0678. The molecular weight excluding hydrogens is 433 g/mol. The highest BCUT2D eigenvalue weighted by atomic mass is 35.5. The lowest BCUT2D eigenvalue weighted by Gasteiger charge is -2.28. The molecule has 2 N–H and O–H groups in total. The van der Waals surface area contributed by atoms with Crippen LogP contribution in [0.1, 0.15) is 24.2 Å². The van der Waals surface area contributed by atoms with Crippen molar-refractivity contribution in [3.05, 3.63) is 58.1 Å². The molecule has 158 valence electrons. The molecule has 0 aliphatic carbocycles. The van der Waals surface area contributed by atoms with Gasteiger partial charge in [0.05, 0.1) is 5.02 Å². The number of sulfonamides is 1. The number of halogens is 2. The molecule has 9 heteroatoms. The number of rotatable bonds is 8. The molecule has 0 saturated heterocycles. The van der Waals surface area contributed by atoms with Crippen LogP contribution in [0.15, 0.2) is 47.4 Å². The molecule has 29 heavy (non-hydrogen) atoms. The van der Waals surface area contributed by atoms with E-state index in [4.69, 9.17) is 23.2 Å². The first-order valence-corrected chi connectivity index (χ1v) is 11.1. The molecule has 1 amide bonds. The SMILES string of the molecule is CN(C)CC(C)(C)CNC(=O)c1ccc(NS(=O)(=O)c2cc(Cl)ccc2Cl)cc1. The first kappa shape index (κ1) is 23.5. The van der Waals surface area contributed by atoms with Gasteiger partial charge in [0.25, 0.3) is 15.9 Å². The number of amides is 1. The normalized spacial score (nSPS) is 12.1. The Morgan fingerprint density at radius 1 is 1.07 bits per heavy atom. The molecule has 0 aliphatic rings. The Morgan fingerprint density at radius 2 is 1.69 bits per heavy atom. The highest BCUT2D eigenvalue weighted by molar-refractivity contribution is 7.92. The van der Waals surface area contributed by atoms with Gasteiger partial charge in [-0.25, -0.2) is 8.42 Å². The van der Waals surface area contributed by atoms with E-state index in [2.05, 4.69) is 28.8 Å². The topological polar surface area (TPSA) is 78.5 Å². The van der Waals surface area contributed by atoms with Crippen LogP contribution in [0.4, 0.5) is 5.69 Å². The summed E-state index contributed by atoms with van der Waals surface area (Å²) < 4.78 is 27.6. The minimum Gasteiger partial charge on any atom is -0.351 e. The summed E-state index contributed by atoms with van der Waals surface area (Å²) in [6.07, 6.45) is 0. The van der Waals surface area contributed by atoms with Gasteiger partial charge in [-0.2, -0.15) is 0 Å². The van der Waals surface area contributed by atoms with Crippen LogP contribution in [0.2, 0.25) is 10.0 Å². The van der Waals surface area contributed by atoms with Crippen molar-refractivity contribution in [2.75, 3.05) is 31.9 Å². The lowest BCUT2D eigenvalue weighted by Crippen LogP contribution is -2.39. The van der Waals surface area contributed by atoms with Gasteiger partial charge in [0.15, 0.2) is 0 Å². The van der Waals surface area contributed by atoms with Crippen molar-refractivity contribution in [3.63, 3.8) is 0 Å². The van der Waals surface area contributed by atoms with E-state index < -0.39 is 10.0 Å². The van der Waals surface area contributed by atoms with E-state index in [1.807, 2.05) is 14.1 Å². The summed E-state index contributed by atoms with van der Waals surface area (Å²) in [7, 11) is 0.0597. The van der Waals surface area contributed by atoms with Crippen molar-refractivity contribution < 1.29 is 13.2 Å². The van der Waals surface area contributed by atoms with Crippen molar-refractivity contribution in [2.45, 2.75) is 18.7 Å². The second kappa shape index (κ2) is 9.34. The fourth-order valence-corrected chi connectivity index (χ4v) is 4.74. The van der Waals surface area contributed by atoms with Crippen LogP contribution in [0, 0.1) is 5.41 Å². The second-order valence-electron chi connectivity index (χ2n) is 7.84. The van der Waals surface area contributed by atoms with E-state index in [1.165, 1.54) is 30.3 Å². The van der Waals surface area contributed by atoms with Crippen LogP contribution in [0.3, 0.4) is 0 Å². The average Bonchev–Trinajstić information content (AvgIpc) is 2.61. The van der Waals surface area contributed by atoms with Crippen LogP contribution >= 0.6 is 23.2 Å². The van der Waals surface area contributed by atoms with Gasteiger partial charge in [-0.05, 0) is 62.0 Å². The Hall–Kier alpha value is -1.80. The van der Waals surface area contributed by atoms with Gasteiger partial charge in [-0.1, -0.05) is 37.0 Å². The second-order valence-corrected chi connectivity index (χ2v) is 10.3. The third kappa shape index (κ3) is 6.89. The molecule has 0 fully saturated rings. The summed E-state index contributed by atoms with van der Waals surface area (Å²) in [5.41, 5.74) is 0.672. The summed E-state index contributed by atoms with van der Waals surface area (Å²) in [6.45, 7) is 5.50. The van der Waals surface area contributed by atoms with Gasteiger partial charge in [-0.3, -0.25) is 9.52 Å². The van der Waals surface area contributed by atoms with E-state index in [0.29, 0.717) is 17.8 Å². The number of carbonyl (C=O) groups is 1. The summed E-state index contributed by atoms with van der Waals surface area (Å²) in [6, 6.07) is 10.4. The van der Waals surface area contributed by atoms with Gasteiger partial charge >= 0.3 is 0 Å². The number of nitrogens with one attached hydrogen (secondary N) is 2. The van der Waals surface area contributed by atoms with Gasteiger partial charge in [-0.15, -0.1) is 0 Å². The third-order valence-corrected chi connectivity index (χ3v) is 6.15. The molecule has 0 unspecified atom stereocenters. The smallest absolute Gasteiger partial charge is 0.263 e. The summed E-state index contributed by atoms with van der Waals surface area (Å²) >= 11 is 11.9. The molecule has 0 spiro atoms. The predicted molar refractivity (Wildman–Crippen MR) is 118 cm³/mol. The molecule has 0 aliphatic heterocycles. The first-order chi connectivity index (χ1) is 13.4. The van der Waals surface area contributed by atoms with Gasteiger partial charge in [0, 0.05) is 29.4 Å². The maximum absolute atomic E-state index is 12.6. The quantitative estimate of drug-likeness (QED) is 0.624. The maximum Gasteiger partial charge on any atom is 0.263 e. The van der Waals surface area contributed by atoms with E-state index in [1.54, 1.807) is 12.1 Å². The number of hydrogen-bond acceptors (Lipinski definition) is 4. The van der Waals surface area contributed by atoms with Gasteiger partial charge in [0.2, 0.25) is 0 Å². The zero-order valence-corrected chi connectivity index (χ0v) is 19.1. The Bertz CT molecular complexity index is 975. The molecule has 0 aromatic heterocycles. The van der Waals surface area contributed by atoms with Crippen molar-refractivity contribution in [3.8, 4) is 0 Å². The summed E-state index contributed by atoms with van der Waals surface area (Å²) in [5.74, 6) is -0.218. The molecule has 0 atom stereocenters. The van der Waals surface area contributed by atoms with Crippen molar-refractivity contribution in [1.82, 2.24) is 10.2 Å². The molecule has 0 bridgehead atoms. The molecule has 0 saturated carbocycles. The lowest BCUT2D eigenvalue weighted by atomic mass is 9.93. The Kier molecular flexibility index (Phi) is 7.56. The van der Waals surface area contributed by atoms with Crippen LogP contribution in [-0.4, -0.2) is 46.4 Å². The Balaban J connectivity index is 2.06. The van der Waals surface area contributed by atoms with Crippen LogP contribution in [0.5, 0.6) is 0 Å². The minimum atomic E-state index is -3.91. The van der Waals surface area contributed by atoms with E-state index >= 15 is 0 Å². The summed E-state index contributed by atoms with van der Waals surface area (Å²) in [4.78, 5) is 14.3. The standard InChI is InChI=1S/C20H25Cl2N3O3S/c1-20(2,13-25(3)4)12-23-19(26)14-5-8-16(9-6-14)24-29(27,28)18-11-15(21)7-10-17(18)22/h5-11,24H,12-13H2,1-4H3,(H,23,26). The molecule has 0 heterocycles. The number of nitrogens with zero attached hydrogens (tertiary/aromatic N) is 1. The van der Waals surface area contributed by atoms with Gasteiger partial charge < -0.3 is 10.2 Å². The zero-order chi connectivity index (χ0) is 21.8. The number of carbonyl (C=O) groups excluding carboxylic acids is 1. The monoisotopic (exact) mass is 457 g/mol. The fraction of sp³-hybridized carbons (Fsp3) is 0.350. The number of hydrogen-bond donors (Lipinski definition) is 2. The van der Waals surface area contributed by atoms with Crippen LogP contribution < -0.4 is 10.0 Å². The highest BCUT2D eigenvalue weighted by Gasteiger charge is 2.21. The van der Waals surface area contributed by atoms with Crippen LogP contribution in [0.25, 0.3) is 0 Å². The zero-order valence-electron chi connectivity index (χ0n) is 16.8. The van der Waals surface area contributed by atoms with Crippen molar-refractivity contribution in [1.29, 1.82) is 0 Å². The number of anilines is 1. The molecule has 2 aromatic rings. The highest BCUT2D eigenvalue weighted by Crippen LogP contribution is 2.27. The Morgan fingerprint density at radius 3 is 2.28 bits per heavy atom. The van der Waals surface area contributed by atoms with E-state index in [-0.39, 0.29) is 26.3 Å². The maximum atomic E-state index is 12.6. The Labute approximate surface area is 182 Å². The van der Waals surface area contributed by atoms with Crippen LogP contribution in [-0.2, 0) is 10.0 Å². The van der Waals surface area contributed by atoms with Crippen molar-refractivity contribution in [2.24, 2.45) is 5.41 Å². The fourth-order valence-electron chi connectivity index (χ4n) is 2.92. The van der Waals surface area contributed by atoms with E-state index in [9.17, 15) is 13.2 Å². The largest absolute Gasteiger partial charge is 0.351 e. The lowest BCUT2D eigenvalue weighted by molar-refractivity contribution is 0.0929. The average molecular weight is 458 g/mol. The first-order valence-electron chi connectivity index (χ1n) is 8.90. The third-order valence-electron chi connectivity index (χ3n) is 4.05. The molecule has 6 nitrogen and oxygen atoms in total. The van der Waals surface area contributed by atoms with Crippen molar-refractivity contribution >= 4 is 44.8 Å². The molecule has 2 aromatic carbocycles.